The standard InChI is InChI=1S/C12H10ClF3N2S/c13-11-4-2-8(19-11)6-18-10-3-1-7(5-9(10)17)12(14,15)16/h1-5,18H,6,17H2. The summed E-state index contributed by atoms with van der Waals surface area (Å²) in [6.07, 6.45) is -4.38. The maximum atomic E-state index is 12.5. The number of benzene rings is 1. The highest BCUT2D eigenvalue weighted by molar-refractivity contribution is 7.16. The third-order valence-electron chi connectivity index (χ3n) is 2.46. The molecule has 0 atom stereocenters. The highest BCUT2D eigenvalue weighted by Crippen LogP contribution is 2.33. The van der Waals surface area contributed by atoms with Crippen LogP contribution >= 0.6 is 22.9 Å². The fourth-order valence-corrected chi connectivity index (χ4v) is 2.56. The molecule has 0 aliphatic rings. The maximum Gasteiger partial charge on any atom is 0.416 e. The Morgan fingerprint density at radius 2 is 1.95 bits per heavy atom. The number of anilines is 2. The lowest BCUT2D eigenvalue weighted by Gasteiger charge is -2.12. The molecule has 0 aliphatic carbocycles. The molecule has 0 unspecified atom stereocenters. The van der Waals surface area contributed by atoms with Crippen molar-refractivity contribution in [1.82, 2.24) is 0 Å². The highest BCUT2D eigenvalue weighted by Gasteiger charge is 2.30. The largest absolute Gasteiger partial charge is 0.416 e. The molecule has 1 aromatic carbocycles. The van der Waals surface area contributed by atoms with Gasteiger partial charge in [-0.25, -0.2) is 0 Å². The van der Waals surface area contributed by atoms with Gasteiger partial charge < -0.3 is 11.1 Å². The Morgan fingerprint density at radius 1 is 1.21 bits per heavy atom. The molecule has 2 aromatic rings. The molecule has 102 valence electrons. The maximum absolute atomic E-state index is 12.5. The minimum atomic E-state index is -4.38. The fourth-order valence-electron chi connectivity index (χ4n) is 1.53. The van der Waals surface area contributed by atoms with E-state index < -0.39 is 11.7 Å². The Kier molecular flexibility index (Phi) is 3.91. The molecule has 1 aromatic heterocycles. The Morgan fingerprint density at radius 3 is 2.47 bits per heavy atom. The first kappa shape index (κ1) is 14.0. The molecule has 0 aliphatic heterocycles. The summed E-state index contributed by atoms with van der Waals surface area (Å²) in [6, 6.07) is 6.86. The lowest BCUT2D eigenvalue weighted by molar-refractivity contribution is -0.137. The van der Waals surface area contributed by atoms with Gasteiger partial charge in [0.15, 0.2) is 0 Å². The first-order valence-electron chi connectivity index (χ1n) is 5.31. The van der Waals surface area contributed by atoms with Crippen LogP contribution in [0.25, 0.3) is 0 Å². The van der Waals surface area contributed by atoms with Gasteiger partial charge in [-0.05, 0) is 30.3 Å². The van der Waals surface area contributed by atoms with Crippen molar-refractivity contribution in [2.75, 3.05) is 11.1 Å². The summed E-state index contributed by atoms with van der Waals surface area (Å²) >= 11 is 7.19. The van der Waals surface area contributed by atoms with Crippen LogP contribution in [0.4, 0.5) is 24.5 Å². The summed E-state index contributed by atoms with van der Waals surface area (Å²) in [7, 11) is 0. The number of nitrogens with two attached hydrogens (primary N) is 1. The summed E-state index contributed by atoms with van der Waals surface area (Å²) in [4.78, 5) is 0.976. The molecule has 0 radical (unpaired) electrons. The molecular weight excluding hydrogens is 297 g/mol. The molecule has 2 nitrogen and oxygen atoms in total. The average molecular weight is 307 g/mol. The molecule has 3 N–H and O–H groups in total. The van der Waals surface area contributed by atoms with Crippen molar-refractivity contribution in [2.45, 2.75) is 12.7 Å². The van der Waals surface area contributed by atoms with E-state index in [2.05, 4.69) is 5.32 Å². The molecule has 0 saturated carbocycles. The van der Waals surface area contributed by atoms with E-state index in [1.54, 1.807) is 6.07 Å². The molecule has 0 saturated heterocycles. The molecule has 1 heterocycles. The van der Waals surface area contributed by atoms with Crippen molar-refractivity contribution in [1.29, 1.82) is 0 Å². The minimum Gasteiger partial charge on any atom is -0.397 e. The van der Waals surface area contributed by atoms with E-state index in [4.69, 9.17) is 17.3 Å². The smallest absolute Gasteiger partial charge is 0.397 e. The zero-order valence-electron chi connectivity index (χ0n) is 9.59. The zero-order chi connectivity index (χ0) is 14.0. The quantitative estimate of drug-likeness (QED) is 0.812. The Bertz CT molecular complexity index is 581. The van der Waals surface area contributed by atoms with Gasteiger partial charge in [-0.1, -0.05) is 11.6 Å². The predicted octanol–water partition coefficient (Wildman–Crippen LogP) is 4.61. The number of thiophene rings is 1. The Balaban J connectivity index is 2.09. The van der Waals surface area contributed by atoms with E-state index >= 15 is 0 Å². The minimum absolute atomic E-state index is 0.0671. The van der Waals surface area contributed by atoms with Gasteiger partial charge in [0.1, 0.15) is 0 Å². The van der Waals surface area contributed by atoms with E-state index in [0.717, 1.165) is 17.0 Å². The lowest BCUT2D eigenvalue weighted by Crippen LogP contribution is -2.07. The van der Waals surface area contributed by atoms with Gasteiger partial charge in [-0.2, -0.15) is 13.2 Å². The summed E-state index contributed by atoms with van der Waals surface area (Å²) in [5.74, 6) is 0. The number of hydrogen-bond acceptors (Lipinski definition) is 3. The monoisotopic (exact) mass is 306 g/mol. The second-order valence-corrected chi connectivity index (χ2v) is 5.66. The molecule has 19 heavy (non-hydrogen) atoms. The van der Waals surface area contributed by atoms with Crippen molar-refractivity contribution in [2.24, 2.45) is 0 Å². The van der Waals surface area contributed by atoms with Crippen molar-refractivity contribution in [3.8, 4) is 0 Å². The van der Waals surface area contributed by atoms with Gasteiger partial charge in [0, 0.05) is 11.4 Å². The summed E-state index contributed by atoms with van der Waals surface area (Å²) in [5, 5.41) is 2.98. The second kappa shape index (κ2) is 5.30. The van der Waals surface area contributed by atoms with E-state index in [0.29, 0.717) is 16.6 Å². The van der Waals surface area contributed by atoms with Crippen LogP contribution in [0.5, 0.6) is 0 Å². The molecule has 0 spiro atoms. The van der Waals surface area contributed by atoms with Crippen LogP contribution < -0.4 is 11.1 Å². The van der Waals surface area contributed by atoms with Gasteiger partial charge >= 0.3 is 6.18 Å². The predicted molar refractivity (Wildman–Crippen MR) is 72.5 cm³/mol. The average Bonchev–Trinajstić information content (AvgIpc) is 2.72. The van der Waals surface area contributed by atoms with Gasteiger partial charge in [0.25, 0.3) is 0 Å². The number of rotatable bonds is 3. The summed E-state index contributed by atoms with van der Waals surface area (Å²) < 4.78 is 38.1. The Hall–Kier alpha value is -1.40. The molecule has 0 amide bonds. The van der Waals surface area contributed by atoms with E-state index in [9.17, 15) is 13.2 Å². The molecular formula is C12H10ClF3N2S. The number of nitrogen functional groups attached to an aromatic ring is 1. The molecule has 0 fully saturated rings. The topological polar surface area (TPSA) is 38.0 Å². The first-order valence-corrected chi connectivity index (χ1v) is 6.50. The summed E-state index contributed by atoms with van der Waals surface area (Å²) in [5.41, 5.74) is 5.38. The summed E-state index contributed by atoms with van der Waals surface area (Å²) in [6.45, 7) is 0.465. The van der Waals surface area contributed by atoms with Crippen molar-refractivity contribution >= 4 is 34.3 Å². The van der Waals surface area contributed by atoms with Crippen LogP contribution in [0.1, 0.15) is 10.4 Å². The van der Waals surface area contributed by atoms with E-state index in [-0.39, 0.29) is 5.69 Å². The molecule has 2 rings (SSSR count). The number of hydrogen-bond donors (Lipinski definition) is 2. The van der Waals surface area contributed by atoms with Crippen LogP contribution in [0.3, 0.4) is 0 Å². The third kappa shape index (κ3) is 3.54. The number of alkyl halides is 3. The first-order chi connectivity index (χ1) is 8.86. The van der Waals surface area contributed by atoms with Gasteiger partial charge in [0.05, 0.1) is 21.3 Å². The SMILES string of the molecule is Nc1cc(C(F)(F)F)ccc1NCc1ccc(Cl)s1. The van der Waals surface area contributed by atoms with Crippen LogP contribution in [0, 0.1) is 0 Å². The number of nitrogens with one attached hydrogen (secondary N) is 1. The fraction of sp³-hybridized carbons (Fsp3) is 0.167. The normalized spacial score (nSPS) is 11.6. The van der Waals surface area contributed by atoms with Crippen molar-refractivity contribution < 1.29 is 13.2 Å². The highest BCUT2D eigenvalue weighted by atomic mass is 35.5. The van der Waals surface area contributed by atoms with Crippen LogP contribution in [0.15, 0.2) is 30.3 Å². The van der Waals surface area contributed by atoms with Crippen LogP contribution in [0.2, 0.25) is 4.34 Å². The van der Waals surface area contributed by atoms with Crippen molar-refractivity contribution in [3.63, 3.8) is 0 Å². The zero-order valence-corrected chi connectivity index (χ0v) is 11.2. The van der Waals surface area contributed by atoms with E-state index in [1.807, 2.05) is 6.07 Å². The second-order valence-electron chi connectivity index (χ2n) is 3.86. The van der Waals surface area contributed by atoms with Crippen LogP contribution in [-0.4, -0.2) is 0 Å². The molecule has 0 bridgehead atoms. The van der Waals surface area contributed by atoms with Crippen molar-refractivity contribution in [3.05, 3.63) is 45.1 Å². The van der Waals surface area contributed by atoms with Gasteiger partial charge in [-0.3, -0.25) is 0 Å². The number of halogens is 4. The lowest BCUT2D eigenvalue weighted by atomic mass is 10.1. The molecule has 7 heteroatoms. The van der Waals surface area contributed by atoms with Gasteiger partial charge in [0.2, 0.25) is 0 Å². The van der Waals surface area contributed by atoms with Crippen LogP contribution in [-0.2, 0) is 12.7 Å². The third-order valence-corrected chi connectivity index (χ3v) is 3.69. The Labute approximate surface area is 117 Å². The van der Waals surface area contributed by atoms with E-state index in [1.165, 1.54) is 17.4 Å². The van der Waals surface area contributed by atoms with Gasteiger partial charge in [-0.15, -0.1) is 11.3 Å².